The summed E-state index contributed by atoms with van der Waals surface area (Å²) in [5, 5.41) is 2.95. The number of benzene rings is 2. The number of hydrogen-bond donors (Lipinski definition) is 2. The Labute approximate surface area is 164 Å². The van der Waals surface area contributed by atoms with Crippen LogP contribution in [0, 0.1) is 0 Å². The fourth-order valence-electron chi connectivity index (χ4n) is 3.11. The van der Waals surface area contributed by atoms with Gasteiger partial charge in [0.25, 0.3) is 15.9 Å². The van der Waals surface area contributed by atoms with E-state index in [9.17, 15) is 18.0 Å². The second-order valence-electron chi connectivity index (χ2n) is 6.75. The number of nitrogens with zero attached hydrogens (tertiary/aromatic N) is 1. The van der Waals surface area contributed by atoms with Crippen molar-refractivity contribution in [3.8, 4) is 0 Å². The summed E-state index contributed by atoms with van der Waals surface area (Å²) in [6, 6.07) is 14.4. The van der Waals surface area contributed by atoms with Crippen LogP contribution >= 0.6 is 0 Å². The van der Waals surface area contributed by atoms with Crippen LogP contribution in [-0.2, 0) is 14.8 Å². The number of sulfonamides is 1. The van der Waals surface area contributed by atoms with Gasteiger partial charge < -0.3 is 10.2 Å². The lowest BCUT2D eigenvalue weighted by Gasteiger charge is -2.31. The van der Waals surface area contributed by atoms with Gasteiger partial charge in [0.05, 0.1) is 4.90 Å². The van der Waals surface area contributed by atoms with Crippen molar-refractivity contribution < 1.29 is 18.0 Å². The lowest BCUT2D eigenvalue weighted by molar-refractivity contribution is -0.129. The molecular weight excluding hydrogens is 378 g/mol. The summed E-state index contributed by atoms with van der Waals surface area (Å²) in [4.78, 5) is 25.6. The fraction of sp³-hybridized carbons (Fsp3) is 0.300. The maximum Gasteiger partial charge on any atom is 0.261 e. The van der Waals surface area contributed by atoms with Gasteiger partial charge in [-0.3, -0.25) is 14.3 Å². The molecule has 0 bridgehead atoms. The van der Waals surface area contributed by atoms with Crippen molar-refractivity contribution in [3.63, 3.8) is 0 Å². The normalized spacial score (nSPS) is 15.1. The van der Waals surface area contributed by atoms with E-state index < -0.39 is 10.0 Å². The summed E-state index contributed by atoms with van der Waals surface area (Å²) in [5.74, 6) is -0.202. The van der Waals surface area contributed by atoms with Crippen LogP contribution in [0.15, 0.2) is 59.5 Å². The van der Waals surface area contributed by atoms with Crippen LogP contribution in [0.5, 0.6) is 0 Å². The molecular formula is C20H23N3O4S. The van der Waals surface area contributed by atoms with E-state index in [0.717, 1.165) is 0 Å². The molecule has 0 saturated carbocycles. The number of anilines is 1. The molecule has 1 aliphatic heterocycles. The maximum atomic E-state index is 12.4. The summed E-state index contributed by atoms with van der Waals surface area (Å²) in [7, 11) is -3.72. The van der Waals surface area contributed by atoms with E-state index >= 15 is 0 Å². The van der Waals surface area contributed by atoms with E-state index in [-0.39, 0.29) is 22.8 Å². The third-order valence-corrected chi connectivity index (χ3v) is 6.13. The molecule has 2 aromatic rings. The summed E-state index contributed by atoms with van der Waals surface area (Å²) in [6.07, 6.45) is 1.41. The molecule has 8 heteroatoms. The van der Waals surface area contributed by atoms with E-state index in [1.165, 1.54) is 24.3 Å². The Morgan fingerprint density at radius 2 is 1.57 bits per heavy atom. The molecule has 0 atom stereocenters. The first-order valence-corrected chi connectivity index (χ1v) is 10.6. The van der Waals surface area contributed by atoms with Crippen molar-refractivity contribution in [2.45, 2.75) is 30.7 Å². The van der Waals surface area contributed by atoms with Crippen molar-refractivity contribution in [1.82, 2.24) is 10.2 Å². The van der Waals surface area contributed by atoms with Gasteiger partial charge >= 0.3 is 0 Å². The van der Waals surface area contributed by atoms with E-state index in [1.807, 2.05) is 0 Å². The number of amides is 2. The van der Waals surface area contributed by atoms with Crippen LogP contribution in [0.1, 0.15) is 30.1 Å². The van der Waals surface area contributed by atoms with Crippen LogP contribution in [0.2, 0.25) is 0 Å². The zero-order valence-electron chi connectivity index (χ0n) is 15.6. The Balaban J connectivity index is 1.61. The summed E-state index contributed by atoms with van der Waals surface area (Å²) < 4.78 is 27.4. The molecule has 1 heterocycles. The molecule has 0 radical (unpaired) electrons. The zero-order valence-corrected chi connectivity index (χ0v) is 16.4. The van der Waals surface area contributed by atoms with Crippen molar-refractivity contribution in [2.75, 3.05) is 17.8 Å². The van der Waals surface area contributed by atoms with Gasteiger partial charge in [-0.1, -0.05) is 18.2 Å². The van der Waals surface area contributed by atoms with Crippen LogP contribution in [0.3, 0.4) is 0 Å². The summed E-state index contributed by atoms with van der Waals surface area (Å²) in [6.45, 7) is 2.80. The van der Waals surface area contributed by atoms with E-state index in [4.69, 9.17) is 0 Å². The quantitative estimate of drug-likeness (QED) is 0.803. The highest BCUT2D eigenvalue weighted by Crippen LogP contribution is 2.17. The van der Waals surface area contributed by atoms with Crippen molar-refractivity contribution in [1.29, 1.82) is 0 Å². The molecule has 7 nitrogen and oxygen atoms in total. The predicted octanol–water partition coefficient (Wildman–Crippen LogP) is 2.23. The lowest BCUT2D eigenvalue weighted by atomic mass is 10.0. The SMILES string of the molecule is CC(=O)N1CCC(NC(=O)c2ccc(S(=O)(=O)Nc3ccccc3)cc2)CC1. The van der Waals surface area contributed by atoms with Gasteiger partial charge in [0.1, 0.15) is 0 Å². The van der Waals surface area contributed by atoms with Crippen molar-refractivity contribution in [3.05, 3.63) is 60.2 Å². The molecule has 1 aliphatic rings. The minimum absolute atomic E-state index is 0.00579. The van der Waals surface area contributed by atoms with Gasteiger partial charge in [-0.2, -0.15) is 0 Å². The van der Waals surface area contributed by atoms with Crippen LogP contribution in [-0.4, -0.2) is 44.3 Å². The number of nitrogens with one attached hydrogen (secondary N) is 2. The first kappa shape index (κ1) is 19.9. The monoisotopic (exact) mass is 401 g/mol. The first-order valence-electron chi connectivity index (χ1n) is 9.09. The molecule has 148 valence electrons. The molecule has 0 unspecified atom stereocenters. The topological polar surface area (TPSA) is 95.6 Å². The Bertz CT molecular complexity index is 935. The zero-order chi connectivity index (χ0) is 20.1. The summed E-state index contributed by atoms with van der Waals surface area (Å²) >= 11 is 0. The highest BCUT2D eigenvalue weighted by atomic mass is 32.2. The van der Waals surface area contributed by atoms with E-state index in [1.54, 1.807) is 42.2 Å². The van der Waals surface area contributed by atoms with Gasteiger partial charge in [-0.25, -0.2) is 8.42 Å². The van der Waals surface area contributed by atoms with Gasteiger partial charge in [0, 0.05) is 37.3 Å². The number of carbonyl (C=O) groups is 2. The van der Waals surface area contributed by atoms with E-state index in [2.05, 4.69) is 10.0 Å². The number of likely N-dealkylation sites (tertiary alicyclic amines) is 1. The average molecular weight is 401 g/mol. The smallest absolute Gasteiger partial charge is 0.261 e. The van der Waals surface area contributed by atoms with Gasteiger partial charge in [0.15, 0.2) is 0 Å². The van der Waals surface area contributed by atoms with Gasteiger partial charge in [0.2, 0.25) is 5.91 Å². The molecule has 2 N–H and O–H groups in total. The second kappa shape index (κ2) is 8.43. The van der Waals surface area contributed by atoms with E-state index in [0.29, 0.717) is 37.2 Å². The molecule has 2 amide bonds. The Morgan fingerprint density at radius 3 is 2.14 bits per heavy atom. The Kier molecular flexibility index (Phi) is 5.99. The number of carbonyl (C=O) groups excluding carboxylic acids is 2. The van der Waals surface area contributed by atoms with Crippen LogP contribution in [0.4, 0.5) is 5.69 Å². The standard InChI is InChI=1S/C20H23N3O4S/c1-15(24)23-13-11-17(12-14-23)21-20(25)16-7-9-19(10-8-16)28(26,27)22-18-5-3-2-4-6-18/h2-10,17,22H,11-14H2,1H3,(H,21,25). The third kappa shape index (κ3) is 4.89. The molecule has 0 spiro atoms. The Hall–Kier alpha value is -2.87. The number of rotatable bonds is 5. The van der Waals surface area contributed by atoms with Crippen LogP contribution in [0.25, 0.3) is 0 Å². The molecule has 0 aromatic heterocycles. The molecule has 1 saturated heterocycles. The second-order valence-corrected chi connectivity index (χ2v) is 8.43. The molecule has 1 fully saturated rings. The minimum atomic E-state index is -3.72. The van der Waals surface area contributed by atoms with Crippen molar-refractivity contribution in [2.24, 2.45) is 0 Å². The first-order chi connectivity index (χ1) is 13.3. The largest absolute Gasteiger partial charge is 0.349 e. The number of piperidine rings is 1. The highest BCUT2D eigenvalue weighted by Gasteiger charge is 2.22. The lowest BCUT2D eigenvalue weighted by Crippen LogP contribution is -2.46. The highest BCUT2D eigenvalue weighted by molar-refractivity contribution is 7.92. The fourth-order valence-corrected chi connectivity index (χ4v) is 4.17. The molecule has 3 rings (SSSR count). The summed E-state index contributed by atoms with van der Waals surface area (Å²) in [5.41, 5.74) is 0.869. The molecule has 28 heavy (non-hydrogen) atoms. The van der Waals surface area contributed by atoms with Gasteiger partial charge in [-0.15, -0.1) is 0 Å². The van der Waals surface area contributed by atoms with Gasteiger partial charge in [-0.05, 0) is 49.2 Å². The number of para-hydroxylation sites is 1. The predicted molar refractivity (Wildman–Crippen MR) is 106 cm³/mol. The van der Waals surface area contributed by atoms with Crippen molar-refractivity contribution >= 4 is 27.5 Å². The number of hydrogen-bond acceptors (Lipinski definition) is 4. The molecule has 0 aliphatic carbocycles. The minimum Gasteiger partial charge on any atom is -0.349 e. The molecule has 2 aromatic carbocycles. The third-order valence-electron chi connectivity index (χ3n) is 4.73. The van der Waals surface area contributed by atoms with Crippen LogP contribution < -0.4 is 10.0 Å². The average Bonchev–Trinajstić information content (AvgIpc) is 2.69. The maximum absolute atomic E-state index is 12.4. The Morgan fingerprint density at radius 1 is 0.964 bits per heavy atom.